The van der Waals surface area contributed by atoms with Crippen molar-refractivity contribution in [2.24, 2.45) is 0 Å². The van der Waals surface area contributed by atoms with Crippen LogP contribution in [-0.2, 0) is 19.8 Å². The van der Waals surface area contributed by atoms with Crippen LogP contribution in [-0.4, -0.2) is 35.7 Å². The summed E-state index contributed by atoms with van der Waals surface area (Å²) < 4.78 is 17.2. The molecule has 0 heterocycles. The molecule has 1 N–H and O–H groups in total. The van der Waals surface area contributed by atoms with Gasteiger partial charge in [-0.2, -0.15) is 0 Å². The van der Waals surface area contributed by atoms with Crippen molar-refractivity contribution in [2.75, 3.05) is 20.8 Å². The van der Waals surface area contributed by atoms with Gasteiger partial charge in [0.05, 0.1) is 6.10 Å². The Morgan fingerprint density at radius 1 is 1.23 bits per heavy atom. The summed E-state index contributed by atoms with van der Waals surface area (Å²) in [6, 6.07) is 11.2. The summed E-state index contributed by atoms with van der Waals surface area (Å²) in [5, 5.41) is 3.43. The Hall–Kier alpha value is -0.983. The van der Waals surface area contributed by atoms with Crippen LogP contribution >= 0.6 is 0 Å². The molecule has 0 saturated heterocycles. The fraction of sp³-hybridized carbons (Fsp3) is 0.529. The average Bonchev–Trinajstić information content (AvgIpc) is 2.57. The second-order valence-corrected chi connectivity index (χ2v) is 8.10. The largest absolute Gasteiger partial charge is 0.500 e. The molecule has 0 aromatic heterocycles. The van der Waals surface area contributed by atoms with E-state index in [2.05, 4.69) is 43.1 Å². The third kappa shape index (κ3) is 6.42. The molecule has 1 aromatic carbocycles. The highest BCUT2D eigenvalue weighted by molar-refractivity contribution is 6.60. The lowest BCUT2D eigenvalue weighted by Gasteiger charge is -2.29. The summed E-state index contributed by atoms with van der Waals surface area (Å²) in [6.07, 6.45) is 3.60. The maximum atomic E-state index is 6.11. The Kier molecular flexibility index (Phi) is 9.27. The first-order chi connectivity index (χ1) is 10.7. The molecule has 124 valence electrons. The molecule has 1 unspecified atom stereocenters. The van der Waals surface area contributed by atoms with E-state index in [0.717, 1.165) is 32.0 Å². The van der Waals surface area contributed by atoms with Crippen molar-refractivity contribution in [3.63, 3.8) is 0 Å². The van der Waals surface area contributed by atoms with Gasteiger partial charge in [-0.3, -0.25) is 0 Å². The number of hydrogen-bond donors (Lipinski definition) is 1. The average molecular weight is 324 g/mol. The first kappa shape index (κ1) is 19.1. The van der Waals surface area contributed by atoms with E-state index < -0.39 is 8.80 Å². The summed E-state index contributed by atoms with van der Waals surface area (Å²) in [6.45, 7) is 7.69. The summed E-state index contributed by atoms with van der Waals surface area (Å²) in [5.41, 5.74) is 1.28. The third-order valence-electron chi connectivity index (χ3n) is 3.55. The SMILES string of the molecule is C=CC(CCNCc1ccccc1)O[Si](CCC)(OC)OC. The Labute approximate surface area is 135 Å². The van der Waals surface area contributed by atoms with Gasteiger partial charge in [0.1, 0.15) is 0 Å². The lowest BCUT2D eigenvalue weighted by Crippen LogP contribution is -2.46. The topological polar surface area (TPSA) is 39.7 Å². The van der Waals surface area contributed by atoms with Crippen molar-refractivity contribution in [3.05, 3.63) is 48.6 Å². The minimum absolute atomic E-state index is 0.0543. The van der Waals surface area contributed by atoms with Crippen LogP contribution in [0.3, 0.4) is 0 Å². The van der Waals surface area contributed by atoms with Crippen LogP contribution in [0.15, 0.2) is 43.0 Å². The Morgan fingerprint density at radius 3 is 2.45 bits per heavy atom. The molecule has 0 aliphatic carbocycles. The summed E-state index contributed by atoms with van der Waals surface area (Å²) >= 11 is 0. The minimum atomic E-state index is -2.55. The van der Waals surface area contributed by atoms with Crippen LogP contribution in [0, 0.1) is 0 Å². The van der Waals surface area contributed by atoms with Crippen molar-refractivity contribution in [1.29, 1.82) is 0 Å². The molecule has 5 heteroatoms. The second-order valence-electron chi connectivity index (χ2n) is 5.18. The van der Waals surface area contributed by atoms with Gasteiger partial charge >= 0.3 is 8.80 Å². The zero-order valence-corrected chi connectivity index (χ0v) is 15.0. The predicted molar refractivity (Wildman–Crippen MR) is 92.7 cm³/mol. The monoisotopic (exact) mass is 323 g/mol. The van der Waals surface area contributed by atoms with E-state index in [1.54, 1.807) is 14.2 Å². The molecular formula is C17H29NO3Si. The van der Waals surface area contributed by atoms with Gasteiger partial charge in [-0.15, -0.1) is 6.58 Å². The van der Waals surface area contributed by atoms with Crippen molar-refractivity contribution in [1.82, 2.24) is 5.32 Å². The normalized spacial score (nSPS) is 13.0. The van der Waals surface area contributed by atoms with Gasteiger partial charge in [0.25, 0.3) is 0 Å². The van der Waals surface area contributed by atoms with Gasteiger partial charge in [-0.25, -0.2) is 0 Å². The molecule has 0 amide bonds. The van der Waals surface area contributed by atoms with Crippen LogP contribution in [0.25, 0.3) is 0 Å². The molecule has 0 aliphatic rings. The highest BCUT2D eigenvalue weighted by Crippen LogP contribution is 2.19. The van der Waals surface area contributed by atoms with Crippen molar-refractivity contribution >= 4 is 8.80 Å². The van der Waals surface area contributed by atoms with E-state index in [4.69, 9.17) is 13.3 Å². The number of benzene rings is 1. The van der Waals surface area contributed by atoms with Crippen LogP contribution < -0.4 is 5.32 Å². The van der Waals surface area contributed by atoms with Gasteiger partial charge in [0, 0.05) is 26.8 Å². The van der Waals surface area contributed by atoms with Crippen molar-refractivity contribution in [2.45, 2.75) is 38.5 Å². The first-order valence-corrected chi connectivity index (χ1v) is 9.78. The molecule has 0 saturated carbocycles. The predicted octanol–water partition coefficient (Wildman–Crippen LogP) is 3.38. The van der Waals surface area contributed by atoms with Crippen molar-refractivity contribution in [3.8, 4) is 0 Å². The molecule has 0 bridgehead atoms. The highest BCUT2D eigenvalue weighted by atomic mass is 28.4. The van der Waals surface area contributed by atoms with E-state index >= 15 is 0 Å². The summed E-state index contributed by atoms with van der Waals surface area (Å²) in [4.78, 5) is 0. The van der Waals surface area contributed by atoms with Crippen LogP contribution in [0.4, 0.5) is 0 Å². The van der Waals surface area contributed by atoms with Crippen LogP contribution in [0.1, 0.15) is 25.3 Å². The Balaban J connectivity index is 2.39. The van der Waals surface area contributed by atoms with Crippen LogP contribution in [0.5, 0.6) is 0 Å². The molecule has 0 aliphatic heterocycles. The summed E-state index contributed by atoms with van der Waals surface area (Å²) in [5.74, 6) is 0. The Morgan fingerprint density at radius 2 is 1.91 bits per heavy atom. The highest BCUT2D eigenvalue weighted by Gasteiger charge is 2.39. The van der Waals surface area contributed by atoms with Crippen LogP contribution in [0.2, 0.25) is 6.04 Å². The molecule has 1 rings (SSSR count). The van der Waals surface area contributed by atoms with E-state index in [1.165, 1.54) is 5.56 Å². The van der Waals surface area contributed by atoms with Crippen molar-refractivity contribution < 1.29 is 13.3 Å². The first-order valence-electron chi connectivity index (χ1n) is 7.85. The standard InChI is InChI=1S/C17H29NO3Si/c1-5-14-22(19-3,20-4)21-17(6-2)12-13-18-15-16-10-8-7-9-11-16/h6-11,17-18H,2,5,12-15H2,1,3-4H3. The van der Waals surface area contributed by atoms with Gasteiger partial charge in [-0.1, -0.05) is 49.8 Å². The molecule has 0 radical (unpaired) electrons. The van der Waals surface area contributed by atoms with Gasteiger partial charge in [-0.05, 0) is 18.5 Å². The summed E-state index contributed by atoms with van der Waals surface area (Å²) in [7, 11) is 0.781. The van der Waals surface area contributed by atoms with E-state index in [9.17, 15) is 0 Å². The molecule has 22 heavy (non-hydrogen) atoms. The second kappa shape index (κ2) is 10.7. The number of nitrogens with one attached hydrogen (secondary N) is 1. The molecular weight excluding hydrogens is 294 g/mol. The fourth-order valence-electron chi connectivity index (χ4n) is 2.28. The molecule has 0 spiro atoms. The van der Waals surface area contributed by atoms with Gasteiger partial charge in [0.2, 0.25) is 0 Å². The minimum Gasteiger partial charge on any atom is -0.377 e. The smallest absolute Gasteiger partial charge is 0.377 e. The molecule has 1 atom stereocenters. The zero-order chi connectivity index (χ0) is 16.3. The Bertz CT molecular complexity index is 410. The van der Waals surface area contributed by atoms with E-state index in [1.807, 2.05) is 12.1 Å². The zero-order valence-electron chi connectivity index (χ0n) is 14.0. The lowest BCUT2D eigenvalue weighted by molar-refractivity contribution is 0.0703. The van der Waals surface area contributed by atoms with E-state index in [0.29, 0.717) is 0 Å². The molecule has 1 aromatic rings. The maximum absolute atomic E-state index is 6.11. The lowest BCUT2D eigenvalue weighted by atomic mass is 10.2. The number of hydrogen-bond acceptors (Lipinski definition) is 4. The third-order valence-corrected chi connectivity index (χ3v) is 6.57. The van der Waals surface area contributed by atoms with E-state index in [-0.39, 0.29) is 6.10 Å². The van der Waals surface area contributed by atoms with Gasteiger partial charge in [0.15, 0.2) is 0 Å². The number of rotatable bonds is 12. The maximum Gasteiger partial charge on any atom is 0.500 e. The quantitative estimate of drug-likeness (QED) is 0.364. The fourth-order valence-corrected chi connectivity index (χ4v) is 4.45. The molecule has 4 nitrogen and oxygen atoms in total. The molecule has 0 fully saturated rings. The van der Waals surface area contributed by atoms with Gasteiger partial charge < -0.3 is 18.6 Å².